The fourth-order valence-corrected chi connectivity index (χ4v) is 7.97. The van der Waals surface area contributed by atoms with Crippen molar-refractivity contribution in [1.82, 2.24) is 4.90 Å². The summed E-state index contributed by atoms with van der Waals surface area (Å²) in [6.07, 6.45) is 6.87. The van der Waals surface area contributed by atoms with Gasteiger partial charge in [0, 0.05) is 19.1 Å². The van der Waals surface area contributed by atoms with Gasteiger partial charge in [-0.3, -0.25) is 4.79 Å². The van der Waals surface area contributed by atoms with E-state index < -0.39 is 0 Å². The molecule has 0 aromatic heterocycles. The second kappa shape index (κ2) is 6.08. The fraction of sp³-hybridized carbons (Fsp3) is 0.720. The van der Waals surface area contributed by atoms with Crippen LogP contribution in [0.3, 0.4) is 0 Å². The monoisotopic (exact) mass is 380 g/mol. The molecule has 3 nitrogen and oxygen atoms in total. The molecule has 1 aromatic carbocycles. The van der Waals surface area contributed by atoms with Crippen molar-refractivity contribution in [3.63, 3.8) is 0 Å². The summed E-state index contributed by atoms with van der Waals surface area (Å²) in [7, 11) is 0. The smallest absolute Gasteiger partial charge is 0.229 e. The lowest BCUT2D eigenvalue weighted by Gasteiger charge is -2.47. The molecule has 3 heteroatoms. The summed E-state index contributed by atoms with van der Waals surface area (Å²) in [5.74, 6) is 2.50. The van der Waals surface area contributed by atoms with Crippen molar-refractivity contribution in [1.29, 1.82) is 0 Å². The zero-order valence-electron chi connectivity index (χ0n) is 17.8. The minimum absolute atomic E-state index is 0.0153. The van der Waals surface area contributed by atoms with E-state index in [1.165, 1.54) is 24.8 Å². The van der Waals surface area contributed by atoms with Gasteiger partial charge in [0.15, 0.2) is 0 Å². The fourth-order valence-electron chi connectivity index (χ4n) is 7.97. The molecule has 6 atom stereocenters. The van der Waals surface area contributed by atoms with Crippen LogP contribution in [-0.2, 0) is 10.2 Å². The third-order valence-corrected chi connectivity index (χ3v) is 9.26. The van der Waals surface area contributed by atoms with Gasteiger partial charge >= 0.3 is 0 Å². The first-order valence-electron chi connectivity index (χ1n) is 11.4. The highest BCUT2D eigenvalue weighted by Crippen LogP contribution is 2.73. The first kappa shape index (κ1) is 18.7. The molecule has 4 saturated carbocycles. The van der Waals surface area contributed by atoms with E-state index in [0.717, 1.165) is 44.2 Å². The molecule has 0 radical (unpaired) electrons. The van der Waals surface area contributed by atoms with Crippen LogP contribution in [0.1, 0.15) is 64.9 Å². The van der Waals surface area contributed by atoms with Gasteiger partial charge in [0.05, 0.1) is 5.41 Å². The molecular weight excluding hydrogens is 344 g/mol. The van der Waals surface area contributed by atoms with Gasteiger partial charge < -0.3 is 10.6 Å². The number of rotatable bonds is 3. The minimum Gasteiger partial charge on any atom is -0.342 e. The summed E-state index contributed by atoms with van der Waals surface area (Å²) in [6, 6.07) is 11.3. The van der Waals surface area contributed by atoms with Crippen molar-refractivity contribution in [3.05, 3.63) is 35.9 Å². The summed E-state index contributed by atoms with van der Waals surface area (Å²) < 4.78 is 0. The van der Waals surface area contributed by atoms with Crippen LogP contribution in [0.5, 0.6) is 0 Å². The quantitative estimate of drug-likeness (QED) is 0.847. The van der Waals surface area contributed by atoms with Crippen molar-refractivity contribution in [2.24, 2.45) is 34.3 Å². The van der Waals surface area contributed by atoms with E-state index in [1.807, 2.05) is 0 Å². The average molecular weight is 381 g/mol. The molecular formula is C25H36N2O. The number of carbonyl (C=O) groups is 1. The summed E-state index contributed by atoms with van der Waals surface area (Å²) in [5, 5.41) is 0. The number of piperidine rings is 1. The van der Waals surface area contributed by atoms with Crippen molar-refractivity contribution in [3.8, 4) is 0 Å². The lowest BCUT2D eigenvalue weighted by molar-refractivity contribution is -0.148. The van der Waals surface area contributed by atoms with Gasteiger partial charge in [-0.2, -0.15) is 0 Å². The molecule has 1 saturated heterocycles. The minimum atomic E-state index is -0.114. The predicted molar refractivity (Wildman–Crippen MR) is 113 cm³/mol. The lowest BCUT2D eigenvalue weighted by atomic mass is 9.61. The Morgan fingerprint density at radius 2 is 1.93 bits per heavy atom. The molecule has 1 amide bonds. The Balaban J connectivity index is 1.50. The predicted octanol–water partition coefficient (Wildman–Crippen LogP) is 4.36. The normalized spacial score (nSPS) is 43.5. The van der Waals surface area contributed by atoms with Gasteiger partial charge in [0.2, 0.25) is 5.91 Å². The Hall–Kier alpha value is -1.35. The van der Waals surface area contributed by atoms with Crippen LogP contribution in [0.25, 0.3) is 0 Å². The Labute approximate surface area is 170 Å². The molecule has 4 aliphatic carbocycles. The summed E-state index contributed by atoms with van der Waals surface area (Å²) >= 11 is 0. The van der Waals surface area contributed by atoms with Crippen molar-refractivity contribution < 1.29 is 4.79 Å². The van der Waals surface area contributed by atoms with E-state index in [4.69, 9.17) is 5.73 Å². The SMILES string of the molecule is CCC1C2CC3(c4ccccc4)CC1C(C(=O)N1CC[C@H](N)C(C)(C)C1)(C2)C3. The largest absolute Gasteiger partial charge is 0.342 e. The van der Waals surface area contributed by atoms with Gasteiger partial charge in [-0.05, 0) is 66.3 Å². The first-order valence-corrected chi connectivity index (χ1v) is 11.4. The first-order chi connectivity index (χ1) is 13.3. The number of hydrogen-bond acceptors (Lipinski definition) is 2. The Morgan fingerprint density at radius 1 is 1.18 bits per heavy atom. The number of amides is 1. The molecule has 6 rings (SSSR count). The topological polar surface area (TPSA) is 46.3 Å². The summed E-state index contributed by atoms with van der Waals surface area (Å²) in [6.45, 7) is 8.47. The molecule has 5 unspecified atom stereocenters. The molecule has 2 N–H and O–H groups in total. The van der Waals surface area contributed by atoms with Gasteiger partial charge in [-0.25, -0.2) is 0 Å². The molecule has 28 heavy (non-hydrogen) atoms. The van der Waals surface area contributed by atoms with Crippen LogP contribution in [0, 0.1) is 28.6 Å². The summed E-state index contributed by atoms with van der Waals surface area (Å²) in [5.41, 5.74) is 7.98. The number of benzene rings is 1. The molecule has 4 bridgehead atoms. The lowest BCUT2D eigenvalue weighted by Crippen LogP contribution is -2.57. The Kier molecular flexibility index (Phi) is 4.05. The molecule has 5 fully saturated rings. The van der Waals surface area contributed by atoms with Crippen molar-refractivity contribution >= 4 is 5.91 Å². The Bertz CT molecular complexity index is 774. The van der Waals surface area contributed by atoms with E-state index in [9.17, 15) is 4.79 Å². The van der Waals surface area contributed by atoms with Crippen LogP contribution in [0.2, 0.25) is 0 Å². The van der Waals surface area contributed by atoms with Crippen molar-refractivity contribution in [2.45, 2.75) is 70.8 Å². The molecule has 0 spiro atoms. The van der Waals surface area contributed by atoms with E-state index >= 15 is 0 Å². The standard InChI is InChI=1S/C25H36N2O/c1-4-19-17-12-24(18-8-6-5-7-9-18)14-20(19)25(13-17,15-24)22(28)27-11-10-21(26)23(2,3)16-27/h5-9,17,19-21H,4,10-16,26H2,1-3H3/t17?,19?,20?,21-,24?,25?/m0/s1. The summed E-state index contributed by atoms with van der Waals surface area (Å²) in [4.78, 5) is 16.3. The second-order valence-electron chi connectivity index (χ2n) is 11.1. The molecule has 152 valence electrons. The van der Waals surface area contributed by atoms with E-state index in [1.54, 1.807) is 0 Å². The van der Waals surface area contributed by atoms with Gasteiger partial charge in [0.1, 0.15) is 0 Å². The average Bonchev–Trinajstić information content (AvgIpc) is 3.06. The van der Waals surface area contributed by atoms with Crippen LogP contribution in [-0.4, -0.2) is 29.9 Å². The molecule has 1 aliphatic heterocycles. The molecule has 1 aromatic rings. The number of nitrogens with two attached hydrogens (primary N) is 1. The maximum Gasteiger partial charge on any atom is 0.229 e. The third-order valence-electron chi connectivity index (χ3n) is 9.26. The number of nitrogens with zero attached hydrogens (tertiary/aromatic N) is 1. The van der Waals surface area contributed by atoms with E-state index in [-0.39, 0.29) is 22.3 Å². The highest BCUT2D eigenvalue weighted by Gasteiger charge is 2.70. The van der Waals surface area contributed by atoms with Gasteiger partial charge in [-0.1, -0.05) is 57.5 Å². The highest BCUT2D eigenvalue weighted by molar-refractivity contribution is 5.85. The zero-order valence-corrected chi connectivity index (χ0v) is 17.8. The molecule has 5 aliphatic rings. The zero-order chi connectivity index (χ0) is 19.7. The van der Waals surface area contributed by atoms with E-state index in [2.05, 4.69) is 56.0 Å². The third kappa shape index (κ3) is 2.41. The maximum absolute atomic E-state index is 14.1. The Morgan fingerprint density at radius 3 is 2.61 bits per heavy atom. The molecule has 1 heterocycles. The number of likely N-dealkylation sites (tertiary alicyclic amines) is 1. The van der Waals surface area contributed by atoms with Crippen molar-refractivity contribution in [2.75, 3.05) is 13.1 Å². The van der Waals surface area contributed by atoms with Crippen LogP contribution in [0.15, 0.2) is 30.3 Å². The number of carbonyl (C=O) groups excluding carboxylic acids is 1. The highest BCUT2D eigenvalue weighted by atomic mass is 16.2. The van der Waals surface area contributed by atoms with Crippen LogP contribution < -0.4 is 5.73 Å². The second-order valence-corrected chi connectivity index (χ2v) is 11.1. The van der Waals surface area contributed by atoms with Crippen LogP contribution >= 0.6 is 0 Å². The van der Waals surface area contributed by atoms with Gasteiger partial charge in [0.25, 0.3) is 0 Å². The number of hydrogen-bond donors (Lipinski definition) is 1. The maximum atomic E-state index is 14.1. The van der Waals surface area contributed by atoms with Gasteiger partial charge in [-0.15, -0.1) is 0 Å². The van der Waals surface area contributed by atoms with E-state index in [0.29, 0.717) is 11.8 Å². The van der Waals surface area contributed by atoms with Crippen LogP contribution in [0.4, 0.5) is 0 Å².